The van der Waals surface area contributed by atoms with Gasteiger partial charge < -0.3 is 20.9 Å². The Hall–Kier alpha value is -1.66. The normalized spacial score (nSPS) is 16.8. The number of nitrogens with two attached hydrogens (primary N) is 1. The number of benzene rings is 1. The van der Waals surface area contributed by atoms with Crippen LogP contribution in [-0.4, -0.2) is 55.1 Å². The van der Waals surface area contributed by atoms with Gasteiger partial charge in [0.1, 0.15) is 5.82 Å². The third kappa shape index (κ3) is 4.18. The second-order valence-electron chi connectivity index (χ2n) is 4.91. The molecule has 2 amide bonds. The maximum absolute atomic E-state index is 13.1. The van der Waals surface area contributed by atoms with E-state index in [1.165, 1.54) is 12.1 Å². The number of urea groups is 1. The lowest BCUT2D eigenvalue weighted by atomic mass is 10.3. The molecule has 1 aromatic carbocycles. The van der Waals surface area contributed by atoms with Crippen LogP contribution in [0.25, 0.3) is 0 Å². The summed E-state index contributed by atoms with van der Waals surface area (Å²) < 4.78 is 13.1. The van der Waals surface area contributed by atoms with Crippen LogP contribution in [0.3, 0.4) is 0 Å². The monoisotopic (exact) mass is 280 g/mol. The fourth-order valence-electron chi connectivity index (χ4n) is 2.35. The average molecular weight is 280 g/mol. The largest absolute Gasteiger partial charge is 0.329 e. The number of halogens is 1. The molecule has 0 bridgehead atoms. The number of rotatable bonds is 3. The van der Waals surface area contributed by atoms with E-state index < -0.39 is 0 Å². The molecule has 20 heavy (non-hydrogen) atoms. The number of nitrogens with one attached hydrogen (secondary N) is 1. The Morgan fingerprint density at radius 3 is 2.90 bits per heavy atom. The van der Waals surface area contributed by atoms with Gasteiger partial charge in [0.15, 0.2) is 0 Å². The van der Waals surface area contributed by atoms with Crippen molar-refractivity contribution in [3.05, 3.63) is 30.1 Å². The fraction of sp³-hybridized carbons (Fsp3) is 0.500. The molecule has 1 aliphatic heterocycles. The molecule has 6 heteroatoms. The fourth-order valence-corrected chi connectivity index (χ4v) is 2.35. The van der Waals surface area contributed by atoms with Gasteiger partial charge in [0.05, 0.1) is 0 Å². The average Bonchev–Trinajstić information content (AvgIpc) is 2.65. The second-order valence-corrected chi connectivity index (χ2v) is 4.91. The Morgan fingerprint density at radius 2 is 2.15 bits per heavy atom. The van der Waals surface area contributed by atoms with Gasteiger partial charge in [-0.05, 0) is 31.2 Å². The number of carbonyl (C=O) groups is 1. The summed E-state index contributed by atoms with van der Waals surface area (Å²) in [6.07, 6.45) is 0.927. The van der Waals surface area contributed by atoms with E-state index in [2.05, 4.69) is 10.2 Å². The van der Waals surface area contributed by atoms with Gasteiger partial charge in [-0.25, -0.2) is 9.18 Å². The van der Waals surface area contributed by atoms with Crippen molar-refractivity contribution in [2.45, 2.75) is 6.42 Å². The zero-order chi connectivity index (χ0) is 14.4. The predicted molar refractivity (Wildman–Crippen MR) is 77.1 cm³/mol. The zero-order valence-corrected chi connectivity index (χ0v) is 11.5. The first-order valence-electron chi connectivity index (χ1n) is 6.93. The van der Waals surface area contributed by atoms with Crippen molar-refractivity contribution in [3.63, 3.8) is 0 Å². The molecule has 2 rings (SSSR count). The molecule has 1 fully saturated rings. The smallest absolute Gasteiger partial charge is 0.321 e. The molecule has 1 heterocycles. The first-order valence-corrected chi connectivity index (χ1v) is 6.93. The molecule has 3 N–H and O–H groups in total. The van der Waals surface area contributed by atoms with Crippen molar-refractivity contribution in [3.8, 4) is 0 Å². The summed E-state index contributed by atoms with van der Waals surface area (Å²) in [5.74, 6) is -0.354. The molecule has 110 valence electrons. The van der Waals surface area contributed by atoms with E-state index in [4.69, 9.17) is 5.73 Å². The number of hydrogen-bond donors (Lipinski definition) is 2. The lowest BCUT2D eigenvalue weighted by Crippen LogP contribution is -2.38. The SMILES string of the molecule is NCCN1CCCN(C(=O)Nc2cccc(F)c2)CC1. The van der Waals surface area contributed by atoms with Gasteiger partial charge in [-0.3, -0.25) is 0 Å². The Kier molecular flexibility index (Phi) is 5.31. The van der Waals surface area contributed by atoms with E-state index in [0.29, 0.717) is 25.3 Å². The molecular formula is C14H21FN4O. The van der Waals surface area contributed by atoms with Gasteiger partial charge in [0, 0.05) is 38.4 Å². The number of nitrogens with zero attached hydrogens (tertiary/aromatic N) is 2. The van der Waals surface area contributed by atoms with Crippen LogP contribution in [0, 0.1) is 5.82 Å². The highest BCUT2D eigenvalue weighted by Crippen LogP contribution is 2.11. The molecule has 1 aliphatic rings. The van der Waals surface area contributed by atoms with E-state index in [1.807, 2.05) is 0 Å². The van der Waals surface area contributed by atoms with Crippen molar-refractivity contribution in [1.29, 1.82) is 0 Å². The molecule has 0 unspecified atom stereocenters. The van der Waals surface area contributed by atoms with E-state index >= 15 is 0 Å². The van der Waals surface area contributed by atoms with Crippen LogP contribution in [0.5, 0.6) is 0 Å². The first kappa shape index (κ1) is 14.7. The number of hydrogen-bond acceptors (Lipinski definition) is 3. The molecule has 1 aromatic rings. The Balaban J connectivity index is 1.89. The quantitative estimate of drug-likeness (QED) is 0.878. The summed E-state index contributed by atoms with van der Waals surface area (Å²) in [6.45, 7) is 4.66. The third-order valence-corrected chi connectivity index (χ3v) is 3.40. The van der Waals surface area contributed by atoms with E-state index in [-0.39, 0.29) is 11.8 Å². The van der Waals surface area contributed by atoms with Crippen LogP contribution in [0.1, 0.15) is 6.42 Å². The standard InChI is InChI=1S/C14H21FN4O/c15-12-3-1-4-13(11-12)17-14(20)19-7-2-6-18(8-5-16)9-10-19/h1,3-4,11H,2,5-10,16H2,(H,17,20). The van der Waals surface area contributed by atoms with Crippen molar-refractivity contribution in [2.75, 3.05) is 44.6 Å². The lowest BCUT2D eigenvalue weighted by molar-refractivity contribution is 0.212. The van der Waals surface area contributed by atoms with E-state index in [1.54, 1.807) is 17.0 Å². The van der Waals surface area contributed by atoms with Gasteiger partial charge in [-0.15, -0.1) is 0 Å². The summed E-state index contributed by atoms with van der Waals surface area (Å²) >= 11 is 0. The molecule has 1 saturated heterocycles. The minimum absolute atomic E-state index is 0.176. The third-order valence-electron chi connectivity index (χ3n) is 3.40. The molecule has 0 spiro atoms. The highest BCUT2D eigenvalue weighted by molar-refractivity contribution is 5.89. The van der Waals surface area contributed by atoms with Crippen LogP contribution in [-0.2, 0) is 0 Å². The summed E-state index contributed by atoms with van der Waals surface area (Å²) in [4.78, 5) is 16.2. The van der Waals surface area contributed by atoms with Gasteiger partial charge in [-0.2, -0.15) is 0 Å². The Bertz CT molecular complexity index is 455. The van der Waals surface area contributed by atoms with Crippen molar-refractivity contribution in [2.24, 2.45) is 5.73 Å². The Morgan fingerprint density at radius 1 is 1.30 bits per heavy atom. The summed E-state index contributed by atoms with van der Waals surface area (Å²) in [6, 6.07) is 5.75. The Labute approximate surface area is 118 Å². The first-order chi connectivity index (χ1) is 9.69. The highest BCUT2D eigenvalue weighted by Gasteiger charge is 2.18. The number of anilines is 1. The zero-order valence-electron chi connectivity index (χ0n) is 11.5. The number of carbonyl (C=O) groups excluding carboxylic acids is 1. The minimum atomic E-state index is -0.354. The van der Waals surface area contributed by atoms with Crippen LogP contribution in [0.15, 0.2) is 24.3 Å². The van der Waals surface area contributed by atoms with Crippen LogP contribution in [0.4, 0.5) is 14.9 Å². The van der Waals surface area contributed by atoms with Crippen molar-refractivity contribution < 1.29 is 9.18 Å². The van der Waals surface area contributed by atoms with Gasteiger partial charge in [0.25, 0.3) is 0 Å². The number of amides is 2. The molecule has 0 aromatic heterocycles. The van der Waals surface area contributed by atoms with Gasteiger partial charge >= 0.3 is 6.03 Å². The van der Waals surface area contributed by atoms with Gasteiger partial charge in [0.2, 0.25) is 0 Å². The highest BCUT2D eigenvalue weighted by atomic mass is 19.1. The second kappa shape index (κ2) is 7.21. The molecule has 5 nitrogen and oxygen atoms in total. The maximum atomic E-state index is 13.1. The van der Waals surface area contributed by atoms with E-state index in [9.17, 15) is 9.18 Å². The van der Waals surface area contributed by atoms with Crippen LogP contribution >= 0.6 is 0 Å². The van der Waals surface area contributed by atoms with Gasteiger partial charge in [-0.1, -0.05) is 6.07 Å². The maximum Gasteiger partial charge on any atom is 0.321 e. The van der Waals surface area contributed by atoms with Crippen LogP contribution < -0.4 is 11.1 Å². The minimum Gasteiger partial charge on any atom is -0.329 e. The lowest BCUT2D eigenvalue weighted by Gasteiger charge is -2.22. The van der Waals surface area contributed by atoms with Crippen molar-refractivity contribution in [1.82, 2.24) is 9.80 Å². The van der Waals surface area contributed by atoms with Crippen LogP contribution in [0.2, 0.25) is 0 Å². The molecule has 0 radical (unpaired) electrons. The van der Waals surface area contributed by atoms with Crippen molar-refractivity contribution >= 4 is 11.7 Å². The molecule has 0 aliphatic carbocycles. The summed E-state index contributed by atoms with van der Waals surface area (Å²) in [5, 5.41) is 2.73. The topological polar surface area (TPSA) is 61.6 Å². The summed E-state index contributed by atoms with van der Waals surface area (Å²) in [5.41, 5.74) is 6.04. The predicted octanol–water partition coefficient (Wildman–Crippen LogP) is 1.32. The molecular weight excluding hydrogens is 259 g/mol. The molecule has 0 atom stereocenters. The summed E-state index contributed by atoms with van der Waals surface area (Å²) in [7, 11) is 0. The van der Waals surface area contributed by atoms with E-state index in [0.717, 1.165) is 26.1 Å². The molecule has 0 saturated carbocycles.